The van der Waals surface area contributed by atoms with E-state index >= 15 is 0 Å². The van der Waals surface area contributed by atoms with Crippen molar-refractivity contribution in [2.24, 2.45) is 0 Å². The monoisotopic (exact) mass is 239 g/mol. The number of hydrogen-bond donors (Lipinski definition) is 1. The average Bonchev–Trinajstić information content (AvgIpc) is 2.28. The highest BCUT2D eigenvalue weighted by atomic mass is 32.2. The van der Waals surface area contributed by atoms with Crippen LogP contribution in [-0.2, 0) is 4.74 Å². The third-order valence-electron chi connectivity index (χ3n) is 2.21. The van der Waals surface area contributed by atoms with Crippen LogP contribution in [0.2, 0.25) is 0 Å². The van der Waals surface area contributed by atoms with Gasteiger partial charge in [-0.1, -0.05) is 19.1 Å². The fraction of sp³-hybridized carbons (Fsp3) is 0.417. The van der Waals surface area contributed by atoms with E-state index in [9.17, 15) is 4.79 Å². The lowest BCUT2D eigenvalue weighted by molar-refractivity contribution is 0.0531. The van der Waals surface area contributed by atoms with Crippen molar-refractivity contribution in [1.29, 1.82) is 0 Å². The summed E-state index contributed by atoms with van der Waals surface area (Å²) < 4.78 is 5.13. The summed E-state index contributed by atoms with van der Waals surface area (Å²) in [4.78, 5) is 11.7. The van der Waals surface area contributed by atoms with Gasteiger partial charge in [-0.2, -0.15) is 11.8 Å². The molecule has 0 aromatic heterocycles. The highest BCUT2D eigenvalue weighted by Gasteiger charge is 2.11. The van der Waals surface area contributed by atoms with Crippen molar-refractivity contribution >= 4 is 23.4 Å². The Hall–Kier alpha value is -1.16. The van der Waals surface area contributed by atoms with Gasteiger partial charge in [0.1, 0.15) is 6.61 Å². The van der Waals surface area contributed by atoms with Gasteiger partial charge in [-0.15, -0.1) is 0 Å². The maximum Gasteiger partial charge on any atom is 0.340 e. The zero-order valence-electron chi connectivity index (χ0n) is 9.66. The Morgan fingerprint density at radius 2 is 2.25 bits per heavy atom. The van der Waals surface area contributed by atoms with Gasteiger partial charge in [0.15, 0.2) is 0 Å². The van der Waals surface area contributed by atoms with Crippen LogP contribution in [0.4, 0.5) is 5.69 Å². The molecule has 0 atom stereocenters. The van der Waals surface area contributed by atoms with Crippen LogP contribution in [0.3, 0.4) is 0 Å². The molecule has 1 aromatic rings. The number of hydrogen-bond acceptors (Lipinski definition) is 4. The summed E-state index contributed by atoms with van der Waals surface area (Å²) in [6, 6.07) is 5.37. The third-order valence-corrected chi connectivity index (χ3v) is 3.07. The van der Waals surface area contributed by atoms with Crippen LogP contribution in [0, 0.1) is 6.92 Å². The minimum Gasteiger partial charge on any atom is -0.461 e. The summed E-state index contributed by atoms with van der Waals surface area (Å²) in [7, 11) is 0. The fourth-order valence-electron chi connectivity index (χ4n) is 1.27. The molecule has 0 aliphatic carbocycles. The third kappa shape index (κ3) is 3.45. The van der Waals surface area contributed by atoms with Gasteiger partial charge in [0, 0.05) is 11.4 Å². The van der Waals surface area contributed by atoms with E-state index in [2.05, 4.69) is 6.92 Å². The van der Waals surface area contributed by atoms with E-state index in [4.69, 9.17) is 10.5 Å². The van der Waals surface area contributed by atoms with Gasteiger partial charge >= 0.3 is 5.97 Å². The number of para-hydroxylation sites is 1. The second-order valence-electron chi connectivity index (χ2n) is 3.37. The van der Waals surface area contributed by atoms with Crippen molar-refractivity contribution < 1.29 is 9.53 Å². The molecule has 0 spiro atoms. The summed E-state index contributed by atoms with van der Waals surface area (Å²) in [5.74, 6) is 1.52. The second-order valence-corrected chi connectivity index (χ2v) is 4.76. The van der Waals surface area contributed by atoms with Gasteiger partial charge in [0.25, 0.3) is 0 Å². The Labute approximate surface area is 100 Å². The first-order valence-electron chi connectivity index (χ1n) is 5.26. The van der Waals surface area contributed by atoms with E-state index in [1.807, 2.05) is 19.1 Å². The molecule has 0 unspecified atom stereocenters. The molecular weight excluding hydrogens is 222 g/mol. The smallest absolute Gasteiger partial charge is 0.340 e. The summed E-state index contributed by atoms with van der Waals surface area (Å²) in [6.45, 7) is 4.38. The number of aryl methyl sites for hydroxylation is 1. The predicted octanol–water partition coefficient (Wildman–Crippen LogP) is 2.49. The molecule has 16 heavy (non-hydrogen) atoms. The van der Waals surface area contributed by atoms with Gasteiger partial charge in [-0.05, 0) is 24.3 Å². The first-order chi connectivity index (χ1) is 7.66. The van der Waals surface area contributed by atoms with E-state index in [0.717, 1.165) is 17.1 Å². The van der Waals surface area contributed by atoms with E-state index in [1.165, 1.54) is 0 Å². The summed E-state index contributed by atoms with van der Waals surface area (Å²) >= 11 is 1.74. The zero-order chi connectivity index (χ0) is 12.0. The van der Waals surface area contributed by atoms with Crippen molar-refractivity contribution in [3.8, 4) is 0 Å². The maximum absolute atomic E-state index is 11.7. The largest absolute Gasteiger partial charge is 0.461 e. The average molecular weight is 239 g/mol. The number of nitrogens with two attached hydrogens (primary N) is 1. The topological polar surface area (TPSA) is 52.3 Å². The van der Waals surface area contributed by atoms with Crippen LogP contribution < -0.4 is 5.73 Å². The fourth-order valence-corrected chi connectivity index (χ4v) is 1.76. The first kappa shape index (κ1) is 12.9. The maximum atomic E-state index is 11.7. The Bertz CT molecular complexity index is 366. The van der Waals surface area contributed by atoms with Crippen LogP contribution in [0.15, 0.2) is 18.2 Å². The molecule has 88 valence electrons. The Kier molecular flexibility index (Phi) is 5.19. The van der Waals surface area contributed by atoms with E-state index in [0.29, 0.717) is 17.9 Å². The van der Waals surface area contributed by atoms with Crippen molar-refractivity contribution in [3.63, 3.8) is 0 Å². The van der Waals surface area contributed by atoms with Crippen LogP contribution in [0.1, 0.15) is 22.8 Å². The predicted molar refractivity (Wildman–Crippen MR) is 68.9 cm³/mol. The number of nitrogen functional groups attached to an aromatic ring is 1. The van der Waals surface area contributed by atoms with E-state index in [1.54, 1.807) is 17.8 Å². The number of rotatable bonds is 5. The molecule has 0 aliphatic rings. The molecule has 1 aromatic carbocycles. The number of carbonyl (C=O) groups is 1. The molecule has 3 nitrogen and oxygen atoms in total. The van der Waals surface area contributed by atoms with Crippen molar-refractivity contribution in [1.82, 2.24) is 0 Å². The van der Waals surface area contributed by atoms with Crippen LogP contribution in [-0.4, -0.2) is 24.1 Å². The molecule has 0 heterocycles. The van der Waals surface area contributed by atoms with Gasteiger partial charge < -0.3 is 10.5 Å². The molecule has 0 bridgehead atoms. The standard InChI is InChI=1S/C12H17NO2S/c1-3-16-8-7-15-12(14)10-6-4-5-9(2)11(10)13/h4-6H,3,7-8,13H2,1-2H3. The minimum atomic E-state index is -0.335. The summed E-state index contributed by atoms with van der Waals surface area (Å²) in [5.41, 5.74) is 7.68. The lowest BCUT2D eigenvalue weighted by atomic mass is 10.1. The first-order valence-corrected chi connectivity index (χ1v) is 6.42. The molecule has 0 radical (unpaired) electrons. The molecular formula is C12H17NO2S. The van der Waals surface area contributed by atoms with Gasteiger partial charge in [-0.3, -0.25) is 0 Å². The van der Waals surface area contributed by atoms with Gasteiger partial charge in [0.05, 0.1) is 5.56 Å². The SMILES string of the molecule is CCSCCOC(=O)c1cccc(C)c1N. The lowest BCUT2D eigenvalue weighted by Crippen LogP contribution is -2.11. The van der Waals surface area contributed by atoms with E-state index < -0.39 is 0 Å². The number of benzene rings is 1. The van der Waals surface area contributed by atoms with Gasteiger partial charge in [-0.25, -0.2) is 4.79 Å². The van der Waals surface area contributed by atoms with Crippen LogP contribution in [0.25, 0.3) is 0 Å². The molecule has 2 N–H and O–H groups in total. The van der Waals surface area contributed by atoms with Gasteiger partial charge in [0.2, 0.25) is 0 Å². The molecule has 0 saturated heterocycles. The zero-order valence-corrected chi connectivity index (χ0v) is 10.5. The molecule has 0 fully saturated rings. The second kappa shape index (κ2) is 6.43. The van der Waals surface area contributed by atoms with E-state index in [-0.39, 0.29) is 5.97 Å². The van der Waals surface area contributed by atoms with Crippen LogP contribution >= 0.6 is 11.8 Å². The Morgan fingerprint density at radius 3 is 2.94 bits per heavy atom. The lowest BCUT2D eigenvalue weighted by Gasteiger charge is -2.08. The summed E-state index contributed by atoms with van der Waals surface area (Å²) in [5, 5.41) is 0. The number of thioether (sulfide) groups is 1. The normalized spacial score (nSPS) is 10.1. The molecule has 0 amide bonds. The number of esters is 1. The van der Waals surface area contributed by atoms with Crippen molar-refractivity contribution in [3.05, 3.63) is 29.3 Å². The highest BCUT2D eigenvalue weighted by molar-refractivity contribution is 7.99. The Balaban J connectivity index is 2.56. The molecule has 0 saturated carbocycles. The molecule has 4 heteroatoms. The van der Waals surface area contributed by atoms with Crippen molar-refractivity contribution in [2.75, 3.05) is 23.8 Å². The number of anilines is 1. The Morgan fingerprint density at radius 1 is 1.50 bits per heavy atom. The number of carbonyl (C=O) groups excluding carboxylic acids is 1. The minimum absolute atomic E-state index is 0.335. The highest BCUT2D eigenvalue weighted by Crippen LogP contribution is 2.17. The summed E-state index contributed by atoms with van der Waals surface area (Å²) in [6.07, 6.45) is 0. The van der Waals surface area contributed by atoms with Crippen LogP contribution in [0.5, 0.6) is 0 Å². The number of ether oxygens (including phenoxy) is 1. The van der Waals surface area contributed by atoms with Crippen molar-refractivity contribution in [2.45, 2.75) is 13.8 Å². The molecule has 0 aliphatic heterocycles. The molecule has 1 rings (SSSR count). The quantitative estimate of drug-likeness (QED) is 0.487.